The first-order chi connectivity index (χ1) is 14.1. The lowest BCUT2D eigenvalue weighted by molar-refractivity contribution is -0.132. The number of benzene rings is 2. The minimum absolute atomic E-state index is 0.0334. The normalized spacial score (nSPS) is 18.5. The standard InChI is InChI=1S/C23H27N3O3/c1-29-20-10-8-18(9-11-20)24-19-6-4-13-25(16-19)22(27)12-14-26-15-17-5-2-3-7-21(17)23(26)28/h2-3,5,7-11,19,24H,4,6,12-16H2,1H3/t19-/m1/s1. The molecule has 2 amide bonds. The molecule has 29 heavy (non-hydrogen) atoms. The van der Waals surface area contributed by atoms with E-state index in [-0.39, 0.29) is 17.9 Å². The molecule has 2 aromatic carbocycles. The lowest BCUT2D eigenvalue weighted by atomic mass is 10.0. The number of nitrogens with zero attached hydrogens (tertiary/aromatic N) is 2. The predicted octanol–water partition coefficient (Wildman–Crippen LogP) is 3.14. The number of amides is 2. The molecule has 0 aliphatic carbocycles. The van der Waals surface area contributed by atoms with Gasteiger partial charge >= 0.3 is 0 Å². The van der Waals surface area contributed by atoms with Crippen LogP contribution in [0.1, 0.15) is 35.2 Å². The van der Waals surface area contributed by atoms with Gasteiger partial charge in [0.25, 0.3) is 5.91 Å². The Labute approximate surface area is 171 Å². The highest BCUT2D eigenvalue weighted by molar-refractivity contribution is 5.98. The predicted molar refractivity (Wildman–Crippen MR) is 112 cm³/mol. The average molecular weight is 393 g/mol. The van der Waals surface area contributed by atoms with Crippen LogP contribution in [0.15, 0.2) is 48.5 Å². The molecule has 4 rings (SSSR count). The summed E-state index contributed by atoms with van der Waals surface area (Å²) in [5.74, 6) is 0.982. The van der Waals surface area contributed by atoms with E-state index in [2.05, 4.69) is 5.32 Å². The summed E-state index contributed by atoms with van der Waals surface area (Å²) in [4.78, 5) is 28.9. The number of methoxy groups -OCH3 is 1. The van der Waals surface area contributed by atoms with Gasteiger partial charge in [-0.3, -0.25) is 9.59 Å². The SMILES string of the molecule is COc1ccc(N[C@@H]2CCCN(C(=O)CCN3Cc4ccccc4C3=O)C2)cc1. The van der Waals surface area contributed by atoms with Crippen LogP contribution in [0.2, 0.25) is 0 Å². The number of hydrogen-bond acceptors (Lipinski definition) is 4. The van der Waals surface area contributed by atoms with Crippen molar-refractivity contribution in [2.24, 2.45) is 0 Å². The van der Waals surface area contributed by atoms with Crippen LogP contribution in [0, 0.1) is 0 Å². The number of likely N-dealkylation sites (tertiary alicyclic amines) is 1. The van der Waals surface area contributed by atoms with Crippen molar-refractivity contribution in [2.75, 3.05) is 32.1 Å². The molecule has 2 aliphatic heterocycles. The maximum Gasteiger partial charge on any atom is 0.254 e. The molecule has 0 spiro atoms. The van der Waals surface area contributed by atoms with Crippen molar-refractivity contribution in [3.63, 3.8) is 0 Å². The zero-order chi connectivity index (χ0) is 20.2. The highest BCUT2D eigenvalue weighted by Gasteiger charge is 2.28. The van der Waals surface area contributed by atoms with Crippen LogP contribution in [-0.2, 0) is 11.3 Å². The van der Waals surface area contributed by atoms with Crippen LogP contribution < -0.4 is 10.1 Å². The van der Waals surface area contributed by atoms with Crippen molar-refractivity contribution in [3.05, 3.63) is 59.7 Å². The van der Waals surface area contributed by atoms with E-state index in [4.69, 9.17) is 4.74 Å². The van der Waals surface area contributed by atoms with Crippen molar-refractivity contribution in [2.45, 2.75) is 31.8 Å². The van der Waals surface area contributed by atoms with Gasteiger partial charge in [-0.2, -0.15) is 0 Å². The van der Waals surface area contributed by atoms with Gasteiger partial charge in [0.05, 0.1) is 7.11 Å². The summed E-state index contributed by atoms with van der Waals surface area (Å²) >= 11 is 0. The minimum atomic E-state index is 0.0334. The van der Waals surface area contributed by atoms with E-state index in [1.165, 1.54) is 0 Å². The molecular weight excluding hydrogens is 366 g/mol. The quantitative estimate of drug-likeness (QED) is 0.819. The van der Waals surface area contributed by atoms with Crippen LogP contribution in [0.4, 0.5) is 5.69 Å². The second-order valence-electron chi connectivity index (χ2n) is 7.69. The van der Waals surface area contributed by atoms with Gasteiger partial charge in [0, 0.05) is 49.9 Å². The maximum atomic E-state index is 12.8. The lowest BCUT2D eigenvalue weighted by Crippen LogP contribution is -2.45. The van der Waals surface area contributed by atoms with Gasteiger partial charge in [0.15, 0.2) is 0 Å². The molecule has 0 bridgehead atoms. The highest BCUT2D eigenvalue weighted by atomic mass is 16.5. The Bertz CT molecular complexity index is 881. The van der Waals surface area contributed by atoms with Crippen LogP contribution in [0.5, 0.6) is 5.75 Å². The van der Waals surface area contributed by atoms with Crippen molar-refractivity contribution < 1.29 is 14.3 Å². The summed E-state index contributed by atoms with van der Waals surface area (Å²) in [6, 6.07) is 15.8. The zero-order valence-corrected chi connectivity index (χ0v) is 16.8. The van der Waals surface area contributed by atoms with Crippen molar-refractivity contribution in [1.82, 2.24) is 9.80 Å². The van der Waals surface area contributed by atoms with Crippen molar-refractivity contribution >= 4 is 17.5 Å². The van der Waals surface area contributed by atoms with Crippen molar-refractivity contribution in [1.29, 1.82) is 0 Å². The summed E-state index contributed by atoms with van der Waals surface area (Å²) in [6.07, 6.45) is 2.39. The van der Waals surface area contributed by atoms with Crippen LogP contribution >= 0.6 is 0 Å². The molecule has 2 heterocycles. The second kappa shape index (κ2) is 8.55. The molecule has 0 unspecified atom stereocenters. The molecule has 0 radical (unpaired) electrons. The van der Waals surface area contributed by atoms with Gasteiger partial charge in [-0.25, -0.2) is 0 Å². The monoisotopic (exact) mass is 393 g/mol. The first-order valence-electron chi connectivity index (χ1n) is 10.2. The van der Waals surface area contributed by atoms with Gasteiger partial charge in [-0.15, -0.1) is 0 Å². The first kappa shape index (κ1) is 19.3. The number of nitrogens with one attached hydrogen (secondary N) is 1. The summed E-state index contributed by atoms with van der Waals surface area (Å²) in [5.41, 5.74) is 2.85. The zero-order valence-electron chi connectivity index (χ0n) is 16.8. The number of anilines is 1. The number of piperidine rings is 1. The molecule has 0 aromatic heterocycles. The molecule has 2 aromatic rings. The molecule has 1 N–H and O–H groups in total. The van der Waals surface area contributed by atoms with Gasteiger partial charge in [-0.05, 0) is 48.7 Å². The Kier molecular flexibility index (Phi) is 5.69. The van der Waals surface area contributed by atoms with E-state index in [1.807, 2.05) is 53.4 Å². The van der Waals surface area contributed by atoms with Gasteiger partial charge < -0.3 is 19.9 Å². The van der Waals surface area contributed by atoms with E-state index < -0.39 is 0 Å². The molecule has 6 heteroatoms. The average Bonchev–Trinajstić information content (AvgIpc) is 3.08. The van der Waals surface area contributed by atoms with E-state index in [0.29, 0.717) is 26.1 Å². The number of ether oxygens (including phenoxy) is 1. The third-order valence-corrected chi connectivity index (χ3v) is 5.73. The fraction of sp³-hybridized carbons (Fsp3) is 0.391. The Morgan fingerprint density at radius 2 is 1.97 bits per heavy atom. The smallest absolute Gasteiger partial charge is 0.254 e. The van der Waals surface area contributed by atoms with Crippen molar-refractivity contribution in [3.8, 4) is 5.75 Å². The largest absolute Gasteiger partial charge is 0.497 e. The molecule has 0 saturated carbocycles. The molecule has 1 saturated heterocycles. The van der Waals surface area contributed by atoms with Gasteiger partial charge in [-0.1, -0.05) is 18.2 Å². The Hall–Kier alpha value is -3.02. The molecule has 6 nitrogen and oxygen atoms in total. The Balaban J connectivity index is 1.28. The van der Waals surface area contributed by atoms with Crippen LogP contribution in [-0.4, -0.2) is 54.4 Å². The topological polar surface area (TPSA) is 61.9 Å². The third kappa shape index (κ3) is 4.36. The maximum absolute atomic E-state index is 12.8. The van der Waals surface area contributed by atoms with E-state index >= 15 is 0 Å². The van der Waals surface area contributed by atoms with E-state index in [0.717, 1.165) is 42.0 Å². The Morgan fingerprint density at radius 1 is 1.17 bits per heavy atom. The molecule has 152 valence electrons. The molecular formula is C23H27N3O3. The lowest BCUT2D eigenvalue weighted by Gasteiger charge is -2.34. The van der Waals surface area contributed by atoms with Crippen LogP contribution in [0.25, 0.3) is 0 Å². The van der Waals surface area contributed by atoms with Gasteiger partial charge in [0.2, 0.25) is 5.91 Å². The molecule has 2 aliphatic rings. The van der Waals surface area contributed by atoms with E-state index in [9.17, 15) is 9.59 Å². The fourth-order valence-corrected chi connectivity index (χ4v) is 4.13. The first-order valence-corrected chi connectivity index (χ1v) is 10.2. The summed E-state index contributed by atoms with van der Waals surface area (Å²) in [5, 5.41) is 3.52. The second-order valence-corrected chi connectivity index (χ2v) is 7.69. The number of rotatable bonds is 6. The summed E-state index contributed by atoms with van der Waals surface area (Å²) < 4.78 is 5.20. The minimum Gasteiger partial charge on any atom is -0.497 e. The third-order valence-electron chi connectivity index (χ3n) is 5.73. The number of carbonyl (C=O) groups excluding carboxylic acids is 2. The molecule has 1 fully saturated rings. The highest BCUT2D eigenvalue weighted by Crippen LogP contribution is 2.23. The molecule has 1 atom stereocenters. The number of fused-ring (bicyclic) bond motifs is 1. The summed E-state index contributed by atoms with van der Waals surface area (Å²) in [6.45, 7) is 2.55. The Morgan fingerprint density at radius 3 is 2.72 bits per heavy atom. The van der Waals surface area contributed by atoms with Gasteiger partial charge in [0.1, 0.15) is 5.75 Å². The van der Waals surface area contributed by atoms with E-state index in [1.54, 1.807) is 12.0 Å². The summed E-state index contributed by atoms with van der Waals surface area (Å²) in [7, 11) is 1.65. The number of hydrogen-bond donors (Lipinski definition) is 1. The number of carbonyl (C=O) groups is 2. The fourth-order valence-electron chi connectivity index (χ4n) is 4.13. The van der Waals surface area contributed by atoms with Crippen LogP contribution in [0.3, 0.4) is 0 Å².